The zero-order valence-electron chi connectivity index (χ0n) is 12.2. The number of carboxylic acids is 1. The van der Waals surface area contributed by atoms with Crippen LogP contribution in [0, 0.1) is 5.41 Å². The topological polar surface area (TPSA) is 95.4 Å². The van der Waals surface area contributed by atoms with Gasteiger partial charge in [-0.3, -0.25) is 0 Å². The Morgan fingerprint density at radius 1 is 1.52 bits per heavy atom. The summed E-state index contributed by atoms with van der Waals surface area (Å²) < 4.78 is 0. The van der Waals surface area contributed by atoms with Crippen molar-refractivity contribution in [2.24, 2.45) is 5.41 Å². The van der Waals surface area contributed by atoms with Crippen molar-refractivity contribution in [3.05, 3.63) is 24.0 Å². The average Bonchev–Trinajstić information content (AvgIpc) is 2.44. The maximum Gasteiger partial charge on any atom is 0.327 e. The molecule has 1 atom stereocenters. The second-order valence-electron chi connectivity index (χ2n) is 5.90. The standard InChI is InChI=1S/C14H20N4O3/c1-14(2)6-4-8-18(11(14)12(19)20)13(21)15-9-10-5-3-7-16-17-10/h3,5,7,11H,4,6,8-9H2,1-2H3,(H,15,21)(H,19,20). The van der Waals surface area contributed by atoms with E-state index in [2.05, 4.69) is 15.5 Å². The van der Waals surface area contributed by atoms with E-state index in [1.807, 2.05) is 13.8 Å². The molecule has 0 bridgehead atoms. The number of rotatable bonds is 3. The molecule has 114 valence electrons. The molecule has 1 aromatic heterocycles. The molecule has 1 unspecified atom stereocenters. The van der Waals surface area contributed by atoms with Crippen molar-refractivity contribution in [2.75, 3.05) is 6.54 Å². The number of urea groups is 1. The average molecular weight is 292 g/mol. The van der Waals surface area contributed by atoms with Gasteiger partial charge in [-0.05, 0) is 30.4 Å². The lowest BCUT2D eigenvalue weighted by molar-refractivity contribution is -0.148. The number of aromatic nitrogens is 2. The van der Waals surface area contributed by atoms with Crippen LogP contribution in [-0.4, -0.2) is 44.8 Å². The van der Waals surface area contributed by atoms with Crippen LogP contribution in [0.25, 0.3) is 0 Å². The van der Waals surface area contributed by atoms with E-state index in [4.69, 9.17) is 0 Å². The zero-order chi connectivity index (χ0) is 15.5. The van der Waals surface area contributed by atoms with Gasteiger partial charge in [0.05, 0.1) is 12.2 Å². The molecule has 0 spiro atoms. The zero-order valence-corrected chi connectivity index (χ0v) is 12.2. The van der Waals surface area contributed by atoms with Crippen molar-refractivity contribution in [3.8, 4) is 0 Å². The van der Waals surface area contributed by atoms with Crippen molar-refractivity contribution in [1.82, 2.24) is 20.4 Å². The predicted octanol–water partition coefficient (Wildman–Crippen LogP) is 1.26. The Hall–Kier alpha value is -2.18. The van der Waals surface area contributed by atoms with Crippen molar-refractivity contribution < 1.29 is 14.7 Å². The van der Waals surface area contributed by atoms with E-state index in [-0.39, 0.29) is 12.6 Å². The highest BCUT2D eigenvalue weighted by atomic mass is 16.4. The third-order valence-electron chi connectivity index (χ3n) is 3.82. The van der Waals surface area contributed by atoms with Crippen LogP contribution in [0.5, 0.6) is 0 Å². The molecule has 0 aliphatic carbocycles. The molecular formula is C14H20N4O3. The molecule has 0 aromatic carbocycles. The van der Waals surface area contributed by atoms with Gasteiger partial charge in [0, 0.05) is 12.7 Å². The van der Waals surface area contributed by atoms with Gasteiger partial charge < -0.3 is 15.3 Å². The number of amides is 2. The summed E-state index contributed by atoms with van der Waals surface area (Å²) in [6.07, 6.45) is 3.15. The smallest absolute Gasteiger partial charge is 0.327 e. The van der Waals surface area contributed by atoms with Gasteiger partial charge >= 0.3 is 12.0 Å². The summed E-state index contributed by atoms with van der Waals surface area (Å²) in [7, 11) is 0. The molecule has 1 aliphatic heterocycles. The number of carbonyl (C=O) groups excluding carboxylic acids is 1. The number of piperidine rings is 1. The fourth-order valence-corrected chi connectivity index (χ4v) is 2.77. The summed E-state index contributed by atoms with van der Waals surface area (Å²) >= 11 is 0. The first-order chi connectivity index (χ1) is 9.92. The van der Waals surface area contributed by atoms with Crippen molar-refractivity contribution >= 4 is 12.0 Å². The van der Waals surface area contributed by atoms with E-state index < -0.39 is 17.4 Å². The third-order valence-corrected chi connectivity index (χ3v) is 3.82. The van der Waals surface area contributed by atoms with Gasteiger partial charge in [-0.15, -0.1) is 0 Å². The molecule has 1 aliphatic rings. The van der Waals surface area contributed by atoms with Gasteiger partial charge in [0.1, 0.15) is 6.04 Å². The van der Waals surface area contributed by atoms with Crippen LogP contribution < -0.4 is 5.32 Å². The van der Waals surface area contributed by atoms with E-state index in [0.717, 1.165) is 12.8 Å². The number of nitrogens with zero attached hydrogens (tertiary/aromatic N) is 3. The normalized spacial score (nSPS) is 20.9. The summed E-state index contributed by atoms with van der Waals surface area (Å²) in [5, 5.41) is 19.8. The Morgan fingerprint density at radius 2 is 2.29 bits per heavy atom. The summed E-state index contributed by atoms with van der Waals surface area (Å²) in [4.78, 5) is 25.2. The summed E-state index contributed by atoms with van der Waals surface area (Å²) in [6, 6.07) is 2.30. The minimum atomic E-state index is -0.964. The van der Waals surface area contributed by atoms with Crippen LogP contribution in [0.1, 0.15) is 32.4 Å². The quantitative estimate of drug-likeness (QED) is 0.874. The van der Waals surface area contributed by atoms with Crippen LogP contribution in [0.15, 0.2) is 18.3 Å². The number of aliphatic carboxylic acids is 1. The van der Waals surface area contributed by atoms with Gasteiger partial charge in [0.15, 0.2) is 0 Å². The van der Waals surface area contributed by atoms with Gasteiger partial charge in [0.25, 0.3) is 0 Å². The predicted molar refractivity (Wildman–Crippen MR) is 75.4 cm³/mol. The molecule has 7 heteroatoms. The van der Waals surface area contributed by atoms with Crippen LogP contribution in [-0.2, 0) is 11.3 Å². The molecule has 7 nitrogen and oxygen atoms in total. The lowest BCUT2D eigenvalue weighted by Gasteiger charge is -2.43. The van der Waals surface area contributed by atoms with Gasteiger partial charge in [0.2, 0.25) is 0 Å². The van der Waals surface area contributed by atoms with E-state index in [1.54, 1.807) is 18.3 Å². The van der Waals surface area contributed by atoms with Crippen LogP contribution in [0.4, 0.5) is 4.79 Å². The fourth-order valence-electron chi connectivity index (χ4n) is 2.77. The first-order valence-corrected chi connectivity index (χ1v) is 6.96. The Bertz CT molecular complexity index is 518. The fraction of sp³-hybridized carbons (Fsp3) is 0.571. The highest BCUT2D eigenvalue weighted by Gasteiger charge is 2.44. The lowest BCUT2D eigenvalue weighted by Crippen LogP contribution is -2.58. The second kappa shape index (κ2) is 6.07. The Labute approximate surface area is 123 Å². The van der Waals surface area contributed by atoms with Crippen molar-refractivity contribution in [3.63, 3.8) is 0 Å². The molecule has 0 radical (unpaired) electrons. The maximum absolute atomic E-state index is 12.3. The molecule has 2 N–H and O–H groups in total. The van der Waals surface area contributed by atoms with Gasteiger partial charge in [-0.1, -0.05) is 13.8 Å². The monoisotopic (exact) mass is 292 g/mol. The molecule has 2 amide bonds. The van der Waals surface area contributed by atoms with Crippen LogP contribution in [0.2, 0.25) is 0 Å². The number of nitrogens with one attached hydrogen (secondary N) is 1. The number of likely N-dealkylation sites (tertiary alicyclic amines) is 1. The number of hydrogen-bond acceptors (Lipinski definition) is 4. The molecule has 1 fully saturated rings. The third kappa shape index (κ3) is 3.48. The van der Waals surface area contributed by atoms with E-state index in [1.165, 1.54) is 4.90 Å². The minimum absolute atomic E-state index is 0.232. The molecular weight excluding hydrogens is 272 g/mol. The molecule has 2 heterocycles. The summed E-state index contributed by atoms with van der Waals surface area (Å²) in [5.74, 6) is -0.964. The summed E-state index contributed by atoms with van der Waals surface area (Å²) in [6.45, 7) is 4.45. The molecule has 1 saturated heterocycles. The van der Waals surface area contributed by atoms with Crippen LogP contribution in [0.3, 0.4) is 0 Å². The van der Waals surface area contributed by atoms with Crippen molar-refractivity contribution in [1.29, 1.82) is 0 Å². The van der Waals surface area contributed by atoms with Crippen molar-refractivity contribution in [2.45, 2.75) is 39.3 Å². The molecule has 0 saturated carbocycles. The summed E-state index contributed by atoms with van der Waals surface area (Å²) in [5.41, 5.74) is 0.197. The van der Waals surface area contributed by atoms with Gasteiger partial charge in [-0.25, -0.2) is 9.59 Å². The Morgan fingerprint density at radius 3 is 2.90 bits per heavy atom. The second-order valence-corrected chi connectivity index (χ2v) is 5.90. The first-order valence-electron chi connectivity index (χ1n) is 6.96. The van der Waals surface area contributed by atoms with Gasteiger partial charge in [-0.2, -0.15) is 10.2 Å². The van der Waals surface area contributed by atoms with E-state index >= 15 is 0 Å². The number of hydrogen-bond donors (Lipinski definition) is 2. The largest absolute Gasteiger partial charge is 0.480 e. The minimum Gasteiger partial charge on any atom is -0.480 e. The number of carboxylic acid groups (broad SMARTS) is 1. The van der Waals surface area contributed by atoms with E-state index in [0.29, 0.717) is 12.2 Å². The Kier molecular flexibility index (Phi) is 4.40. The SMILES string of the molecule is CC1(C)CCCN(C(=O)NCc2cccnn2)C1C(=O)O. The number of carbonyl (C=O) groups is 2. The molecule has 1 aromatic rings. The van der Waals surface area contributed by atoms with E-state index in [9.17, 15) is 14.7 Å². The highest BCUT2D eigenvalue weighted by molar-refractivity contribution is 5.83. The lowest BCUT2D eigenvalue weighted by atomic mass is 9.76. The first kappa shape index (κ1) is 15.2. The van der Waals surface area contributed by atoms with Crippen LogP contribution >= 0.6 is 0 Å². The molecule has 21 heavy (non-hydrogen) atoms. The maximum atomic E-state index is 12.3. The Balaban J connectivity index is 2.04. The molecule has 2 rings (SSSR count). The highest BCUT2D eigenvalue weighted by Crippen LogP contribution is 2.35.